The van der Waals surface area contributed by atoms with Crippen LogP contribution in [0.5, 0.6) is 0 Å². The third-order valence-electron chi connectivity index (χ3n) is 2.58. The number of aliphatic hydroxyl groups excluding tert-OH is 2. The van der Waals surface area contributed by atoms with Crippen LogP contribution in [0.25, 0.3) is 0 Å². The summed E-state index contributed by atoms with van der Waals surface area (Å²) in [6.07, 6.45) is -1.07. The van der Waals surface area contributed by atoms with Crippen LogP contribution in [-0.4, -0.2) is 59.8 Å². The Hall–Kier alpha value is -1.68. The molecule has 5 N–H and O–H groups in total. The van der Waals surface area contributed by atoms with Crippen LogP contribution in [0.3, 0.4) is 0 Å². The van der Waals surface area contributed by atoms with Crippen LogP contribution in [0.4, 0.5) is 0 Å². The molecule has 120 valence electrons. The molecule has 1 aliphatic heterocycles. The van der Waals surface area contributed by atoms with Crippen LogP contribution in [0, 0.1) is 0 Å². The zero-order valence-electron chi connectivity index (χ0n) is 11.9. The second-order valence-corrected chi connectivity index (χ2v) is 4.59. The van der Waals surface area contributed by atoms with Gasteiger partial charge in [-0.3, -0.25) is 4.79 Å². The summed E-state index contributed by atoms with van der Waals surface area (Å²) in [5.74, 6) is -0.636. The lowest BCUT2D eigenvalue weighted by Gasteiger charge is -2.18. The van der Waals surface area contributed by atoms with Gasteiger partial charge in [-0.05, 0) is 13.8 Å². The van der Waals surface area contributed by atoms with Gasteiger partial charge in [0.2, 0.25) is 12.7 Å². The second-order valence-electron chi connectivity index (χ2n) is 4.59. The smallest absolute Gasteiger partial charge is 0.242 e. The number of rotatable bonds is 8. The minimum atomic E-state index is -1.06. The monoisotopic (exact) mass is 303 g/mol. The van der Waals surface area contributed by atoms with Gasteiger partial charge < -0.3 is 35.6 Å². The first-order chi connectivity index (χ1) is 9.95. The van der Waals surface area contributed by atoms with E-state index in [2.05, 4.69) is 10.5 Å². The second kappa shape index (κ2) is 8.57. The maximum absolute atomic E-state index is 10.6. The van der Waals surface area contributed by atoms with Gasteiger partial charge in [-0.2, -0.15) is 0 Å². The van der Waals surface area contributed by atoms with Crippen molar-refractivity contribution in [1.29, 1.82) is 0 Å². The zero-order chi connectivity index (χ0) is 15.8. The first-order valence-corrected chi connectivity index (χ1v) is 6.37. The van der Waals surface area contributed by atoms with Gasteiger partial charge in [0.1, 0.15) is 18.3 Å². The van der Waals surface area contributed by atoms with Crippen LogP contribution >= 0.6 is 0 Å². The van der Waals surface area contributed by atoms with Crippen molar-refractivity contribution in [2.24, 2.45) is 10.9 Å². The maximum atomic E-state index is 10.6. The molecule has 1 fully saturated rings. The van der Waals surface area contributed by atoms with E-state index in [1.54, 1.807) is 13.8 Å². The third kappa shape index (κ3) is 5.68. The maximum Gasteiger partial charge on any atom is 0.242 e. The molecule has 1 heterocycles. The number of hydrogen-bond acceptors (Lipinski definition) is 8. The molecule has 1 saturated heterocycles. The molecule has 9 nitrogen and oxygen atoms in total. The van der Waals surface area contributed by atoms with Crippen molar-refractivity contribution in [3.05, 3.63) is 12.3 Å². The highest BCUT2D eigenvalue weighted by molar-refractivity contribution is 5.85. The summed E-state index contributed by atoms with van der Waals surface area (Å²) in [7, 11) is 0. The molecular weight excluding hydrogens is 282 g/mol. The Morgan fingerprint density at radius 2 is 2.24 bits per heavy atom. The summed E-state index contributed by atoms with van der Waals surface area (Å²) >= 11 is 0. The molecule has 2 unspecified atom stereocenters. The topological polar surface area (TPSA) is 136 Å². The highest BCUT2D eigenvalue weighted by Gasteiger charge is 2.44. The number of primary amides is 1. The van der Waals surface area contributed by atoms with E-state index in [-0.39, 0.29) is 13.4 Å². The summed E-state index contributed by atoms with van der Waals surface area (Å²) < 4.78 is 10.7. The van der Waals surface area contributed by atoms with E-state index in [4.69, 9.17) is 20.0 Å². The Balaban J connectivity index is 2.50. The Bertz CT molecular complexity index is 396. The number of hydrogen-bond donors (Lipinski definition) is 4. The molecule has 21 heavy (non-hydrogen) atoms. The highest BCUT2D eigenvalue weighted by atomic mass is 16.8. The van der Waals surface area contributed by atoms with E-state index in [0.717, 1.165) is 11.8 Å². The molecule has 0 aromatic carbocycles. The fourth-order valence-corrected chi connectivity index (χ4v) is 1.72. The molecular formula is C12H21N3O6. The summed E-state index contributed by atoms with van der Waals surface area (Å²) in [6.45, 7) is 3.00. The minimum absolute atomic E-state index is 0.184. The lowest BCUT2D eigenvalue weighted by molar-refractivity contribution is -0.130. The number of aliphatic hydroxyl groups is 2. The molecule has 0 bridgehead atoms. The van der Waals surface area contributed by atoms with E-state index in [1.165, 1.54) is 6.20 Å². The van der Waals surface area contributed by atoms with Crippen LogP contribution < -0.4 is 11.1 Å². The highest BCUT2D eigenvalue weighted by Crippen LogP contribution is 2.22. The summed E-state index contributed by atoms with van der Waals surface area (Å²) in [5, 5.41) is 25.6. The molecule has 0 spiro atoms. The third-order valence-corrected chi connectivity index (χ3v) is 2.58. The van der Waals surface area contributed by atoms with Gasteiger partial charge in [0.05, 0.1) is 12.3 Å². The number of carbonyl (C=O) groups excluding carboxylic acids is 1. The fraction of sp³-hybridized carbons (Fsp3) is 0.667. The number of nitrogens with two attached hydrogens (primary N) is 1. The van der Waals surface area contributed by atoms with Gasteiger partial charge >= 0.3 is 0 Å². The van der Waals surface area contributed by atoms with Crippen LogP contribution in [0.15, 0.2) is 17.4 Å². The molecule has 1 aliphatic rings. The van der Waals surface area contributed by atoms with Crippen LogP contribution in [0.2, 0.25) is 0 Å². The SMILES string of the molecule is CC(C)=NOCOC1C(O)[C@H](N/C=C\C(N)=O)O[C@@H]1CO. The van der Waals surface area contributed by atoms with Gasteiger partial charge in [0.15, 0.2) is 6.23 Å². The predicted molar refractivity (Wildman–Crippen MR) is 72.8 cm³/mol. The van der Waals surface area contributed by atoms with Crippen molar-refractivity contribution in [3.63, 3.8) is 0 Å². The number of nitrogens with one attached hydrogen (secondary N) is 1. The first-order valence-electron chi connectivity index (χ1n) is 6.37. The van der Waals surface area contributed by atoms with Gasteiger partial charge in [-0.15, -0.1) is 0 Å². The molecule has 1 amide bonds. The van der Waals surface area contributed by atoms with Crippen molar-refractivity contribution in [1.82, 2.24) is 5.32 Å². The standard InChI is InChI=1S/C12H21N3O6/c1-7(2)15-20-6-19-11-8(5-16)21-12(10(11)18)14-4-3-9(13)17/h3-4,8,10-12,14,16,18H,5-6H2,1-2H3,(H2,13,17)/b4-3-/t8-,10?,11?,12-/m1/s1. The zero-order valence-corrected chi connectivity index (χ0v) is 11.9. The Morgan fingerprint density at radius 1 is 1.52 bits per heavy atom. The normalized spacial score (nSPS) is 28.6. The molecule has 1 rings (SSSR count). The van der Waals surface area contributed by atoms with E-state index < -0.39 is 30.4 Å². The summed E-state index contributed by atoms with van der Waals surface area (Å²) in [6, 6.07) is 0. The molecule has 4 atom stereocenters. The van der Waals surface area contributed by atoms with Crippen molar-refractivity contribution < 1.29 is 29.3 Å². The minimum Gasteiger partial charge on any atom is -0.394 e. The number of oxime groups is 1. The molecule has 0 saturated carbocycles. The lowest BCUT2D eigenvalue weighted by Crippen LogP contribution is -2.40. The fourth-order valence-electron chi connectivity index (χ4n) is 1.72. The quantitative estimate of drug-likeness (QED) is 0.139. The summed E-state index contributed by atoms with van der Waals surface area (Å²) in [4.78, 5) is 15.4. The van der Waals surface area contributed by atoms with E-state index in [0.29, 0.717) is 0 Å². The number of ether oxygens (including phenoxy) is 2. The largest absolute Gasteiger partial charge is 0.394 e. The number of amides is 1. The average molecular weight is 303 g/mol. The predicted octanol–water partition coefficient (Wildman–Crippen LogP) is -1.59. The van der Waals surface area contributed by atoms with Gasteiger partial charge in [-0.25, -0.2) is 0 Å². The van der Waals surface area contributed by atoms with Gasteiger partial charge in [-0.1, -0.05) is 5.16 Å². The van der Waals surface area contributed by atoms with Gasteiger partial charge in [0, 0.05) is 12.3 Å². The Morgan fingerprint density at radius 3 is 2.81 bits per heavy atom. The lowest BCUT2D eigenvalue weighted by atomic mass is 10.1. The van der Waals surface area contributed by atoms with Crippen molar-refractivity contribution in [3.8, 4) is 0 Å². The molecule has 9 heteroatoms. The van der Waals surface area contributed by atoms with Crippen LogP contribution in [-0.2, 0) is 19.1 Å². The van der Waals surface area contributed by atoms with E-state index in [9.17, 15) is 15.0 Å². The Kier molecular flexibility index (Phi) is 7.09. The molecule has 0 aromatic rings. The van der Waals surface area contributed by atoms with E-state index >= 15 is 0 Å². The van der Waals surface area contributed by atoms with Crippen molar-refractivity contribution >= 4 is 11.6 Å². The van der Waals surface area contributed by atoms with Crippen LogP contribution in [0.1, 0.15) is 13.8 Å². The summed E-state index contributed by atoms with van der Waals surface area (Å²) in [5.41, 5.74) is 5.65. The molecule has 0 aromatic heterocycles. The number of nitrogens with zero attached hydrogens (tertiary/aromatic N) is 1. The molecule has 0 radical (unpaired) electrons. The first kappa shape index (κ1) is 17.4. The average Bonchev–Trinajstić information content (AvgIpc) is 2.71. The van der Waals surface area contributed by atoms with Crippen molar-refractivity contribution in [2.45, 2.75) is 38.4 Å². The van der Waals surface area contributed by atoms with Gasteiger partial charge in [0.25, 0.3) is 0 Å². The Labute approximate surface area is 122 Å². The molecule has 0 aliphatic carbocycles. The van der Waals surface area contributed by atoms with Crippen molar-refractivity contribution in [2.75, 3.05) is 13.4 Å². The number of carbonyl (C=O) groups is 1. The van der Waals surface area contributed by atoms with E-state index in [1.807, 2.05) is 0 Å².